The summed E-state index contributed by atoms with van der Waals surface area (Å²) in [6.07, 6.45) is 5.70. The summed E-state index contributed by atoms with van der Waals surface area (Å²) in [7, 11) is 0. The second-order valence-electron chi connectivity index (χ2n) is 16.6. The minimum atomic E-state index is -0.421. The molecule has 4 aromatic carbocycles. The molecule has 3 atom stereocenters. The molecule has 1 aliphatic carbocycles. The largest absolute Gasteiger partial charge is 0.508 e. The number of aryl methyl sites for hydroxylation is 2. The first-order chi connectivity index (χ1) is 26.9. The number of carbonyl (C=O) groups excluding carboxylic acids is 2. The van der Waals surface area contributed by atoms with Crippen LogP contribution in [0.4, 0.5) is 5.69 Å². The first-order valence-electron chi connectivity index (χ1n) is 20.4. The van der Waals surface area contributed by atoms with E-state index < -0.39 is 6.04 Å². The number of benzene rings is 4. The van der Waals surface area contributed by atoms with E-state index in [9.17, 15) is 14.7 Å². The van der Waals surface area contributed by atoms with Gasteiger partial charge in [-0.1, -0.05) is 67.2 Å². The Balaban J connectivity index is 0.718. The predicted octanol–water partition coefficient (Wildman–Crippen LogP) is 6.69. The van der Waals surface area contributed by atoms with Crippen molar-refractivity contribution in [3.8, 4) is 5.75 Å². The average Bonchev–Trinajstić information content (AvgIpc) is 3.52. The standard InChI is InChI=1S/C47H53N5O3/c1-32-9-20-44(46(54)48-32)52-31-38-26-39(15-18-43(38)47(52)55)51-24-22-49(23-25-51)28-34-29-50(30-34)21-5-6-33-10-12-36(13-11-33)45-41(35-7-3-2-4-8-35)17-14-37-27-40(53)16-19-42(37)45/h2-4,7-8,10-13,15-16,18-19,26-27,34,41,44-45,53H,1,5-6,9,14,17,20-25,28-31H2,(H,48,54)/t41-,44?,45+/m0/s1. The number of nitrogens with zero attached hydrogens (tertiary/aromatic N) is 4. The Labute approximate surface area is 325 Å². The molecule has 0 radical (unpaired) electrons. The zero-order chi connectivity index (χ0) is 37.5. The Morgan fingerprint density at radius 2 is 1.58 bits per heavy atom. The number of anilines is 1. The Morgan fingerprint density at radius 1 is 0.782 bits per heavy atom. The van der Waals surface area contributed by atoms with E-state index in [0.717, 1.165) is 74.7 Å². The summed E-state index contributed by atoms with van der Waals surface area (Å²) in [6, 6.07) is 32.1. The third-order valence-corrected chi connectivity index (χ3v) is 13.0. The van der Waals surface area contributed by atoms with Crippen molar-refractivity contribution in [2.45, 2.75) is 62.9 Å². The number of likely N-dealkylation sites (tertiary alicyclic amines) is 1. The number of fused-ring (bicyclic) bond motifs is 2. The van der Waals surface area contributed by atoms with Gasteiger partial charge in [0.2, 0.25) is 5.91 Å². The number of aromatic hydroxyl groups is 1. The van der Waals surface area contributed by atoms with Gasteiger partial charge in [0.25, 0.3) is 5.91 Å². The lowest BCUT2D eigenvalue weighted by atomic mass is 9.69. The van der Waals surface area contributed by atoms with Crippen LogP contribution in [0.2, 0.25) is 0 Å². The van der Waals surface area contributed by atoms with Crippen LogP contribution in [-0.4, -0.2) is 90.0 Å². The predicted molar refractivity (Wildman–Crippen MR) is 217 cm³/mol. The molecule has 0 saturated carbocycles. The lowest BCUT2D eigenvalue weighted by molar-refractivity contribution is -0.126. The molecule has 55 heavy (non-hydrogen) atoms. The van der Waals surface area contributed by atoms with Gasteiger partial charge in [-0.05, 0) is 121 Å². The van der Waals surface area contributed by atoms with Crippen molar-refractivity contribution in [1.29, 1.82) is 0 Å². The van der Waals surface area contributed by atoms with Crippen LogP contribution < -0.4 is 10.2 Å². The molecule has 8 nitrogen and oxygen atoms in total. The molecular formula is C47H53N5O3. The number of piperidine rings is 1. The molecule has 2 N–H and O–H groups in total. The molecule has 4 aromatic rings. The molecule has 0 aromatic heterocycles. The van der Waals surface area contributed by atoms with Crippen LogP contribution in [0.15, 0.2) is 103 Å². The third-order valence-electron chi connectivity index (χ3n) is 13.0. The van der Waals surface area contributed by atoms with Crippen LogP contribution in [-0.2, 0) is 24.2 Å². The fraction of sp³-hybridized carbons (Fsp3) is 0.404. The summed E-state index contributed by atoms with van der Waals surface area (Å²) in [6.45, 7) is 13.2. The summed E-state index contributed by atoms with van der Waals surface area (Å²) >= 11 is 0. The first-order valence-corrected chi connectivity index (χ1v) is 20.4. The van der Waals surface area contributed by atoms with Crippen LogP contribution in [0.5, 0.6) is 5.75 Å². The highest BCUT2D eigenvalue weighted by molar-refractivity contribution is 6.01. The fourth-order valence-corrected chi connectivity index (χ4v) is 10.0. The van der Waals surface area contributed by atoms with E-state index in [2.05, 4.69) is 99.4 Å². The summed E-state index contributed by atoms with van der Waals surface area (Å²) in [5.74, 6) is 1.67. The average molecular weight is 736 g/mol. The molecule has 1 unspecified atom stereocenters. The van der Waals surface area contributed by atoms with Gasteiger partial charge in [-0.3, -0.25) is 14.5 Å². The smallest absolute Gasteiger partial charge is 0.255 e. The highest BCUT2D eigenvalue weighted by Gasteiger charge is 2.39. The lowest BCUT2D eigenvalue weighted by Gasteiger charge is -2.44. The molecule has 0 bridgehead atoms. The molecule has 3 saturated heterocycles. The summed E-state index contributed by atoms with van der Waals surface area (Å²) in [5, 5.41) is 13.0. The Morgan fingerprint density at radius 3 is 2.36 bits per heavy atom. The summed E-state index contributed by atoms with van der Waals surface area (Å²) in [5.41, 5.74) is 10.5. The molecule has 5 aliphatic rings. The Hall–Kier alpha value is -4.92. The highest BCUT2D eigenvalue weighted by atomic mass is 16.3. The number of allylic oxidation sites excluding steroid dienone is 1. The van der Waals surface area contributed by atoms with Crippen LogP contribution in [0.25, 0.3) is 0 Å². The third kappa shape index (κ3) is 7.42. The van der Waals surface area contributed by atoms with Gasteiger partial charge < -0.3 is 25.1 Å². The zero-order valence-electron chi connectivity index (χ0n) is 31.8. The number of hydrogen-bond acceptors (Lipinski definition) is 6. The molecule has 8 heteroatoms. The molecule has 3 fully saturated rings. The molecule has 9 rings (SSSR count). The van der Waals surface area contributed by atoms with Crippen LogP contribution in [0, 0.1) is 5.92 Å². The van der Waals surface area contributed by atoms with Gasteiger partial charge in [0.1, 0.15) is 11.8 Å². The van der Waals surface area contributed by atoms with Gasteiger partial charge in [0.05, 0.1) is 0 Å². The molecule has 284 valence electrons. The van der Waals surface area contributed by atoms with Crippen molar-refractivity contribution in [1.82, 2.24) is 20.0 Å². The monoisotopic (exact) mass is 735 g/mol. The summed E-state index contributed by atoms with van der Waals surface area (Å²) in [4.78, 5) is 35.2. The molecule has 2 amide bonds. The van der Waals surface area contributed by atoms with Gasteiger partial charge in [0.15, 0.2) is 0 Å². The minimum Gasteiger partial charge on any atom is -0.508 e. The first kappa shape index (κ1) is 35.8. The SMILES string of the molecule is C=C1CCC(N2Cc3cc(N4CCN(CC5CN(CCCc6ccc([C@H]7c8ccc(O)cc8CC[C@H]7c7ccccc7)cc6)C5)CC4)ccc3C2=O)C(=O)N1. The molecular weight excluding hydrogens is 683 g/mol. The highest BCUT2D eigenvalue weighted by Crippen LogP contribution is 2.47. The van der Waals surface area contributed by atoms with Gasteiger partial charge in [-0.15, -0.1) is 0 Å². The molecule has 4 aliphatic heterocycles. The van der Waals surface area contributed by atoms with Crippen molar-refractivity contribution >= 4 is 17.5 Å². The number of phenolic OH excluding ortho intramolecular Hbond substituents is 1. The molecule has 4 heterocycles. The van der Waals surface area contributed by atoms with E-state index in [0.29, 0.717) is 37.0 Å². The van der Waals surface area contributed by atoms with Crippen molar-refractivity contribution in [2.75, 3.05) is 57.3 Å². The topological polar surface area (TPSA) is 79.4 Å². The van der Waals surface area contributed by atoms with Gasteiger partial charge in [-0.25, -0.2) is 0 Å². The number of phenols is 1. The van der Waals surface area contributed by atoms with Crippen molar-refractivity contribution in [3.05, 3.63) is 142 Å². The Bertz CT molecular complexity index is 2050. The number of piperazine rings is 1. The second-order valence-corrected chi connectivity index (χ2v) is 16.6. The maximum Gasteiger partial charge on any atom is 0.255 e. The fourth-order valence-electron chi connectivity index (χ4n) is 10.0. The lowest BCUT2D eigenvalue weighted by Crippen LogP contribution is -2.55. The minimum absolute atomic E-state index is 0.0371. The normalized spacial score (nSPS) is 23.3. The van der Waals surface area contributed by atoms with Crippen molar-refractivity contribution < 1.29 is 14.7 Å². The number of hydrogen-bond donors (Lipinski definition) is 2. The second kappa shape index (κ2) is 15.3. The van der Waals surface area contributed by atoms with Gasteiger partial charge >= 0.3 is 0 Å². The van der Waals surface area contributed by atoms with Gasteiger partial charge in [-0.2, -0.15) is 0 Å². The maximum atomic E-state index is 13.2. The van der Waals surface area contributed by atoms with Gasteiger partial charge in [0, 0.05) is 75.2 Å². The van der Waals surface area contributed by atoms with Crippen molar-refractivity contribution in [2.24, 2.45) is 5.92 Å². The van der Waals surface area contributed by atoms with Crippen molar-refractivity contribution in [3.63, 3.8) is 0 Å². The van der Waals surface area contributed by atoms with E-state index in [-0.39, 0.29) is 11.8 Å². The van der Waals surface area contributed by atoms with E-state index in [4.69, 9.17) is 0 Å². The number of nitrogens with one attached hydrogen (secondary N) is 1. The maximum absolute atomic E-state index is 13.2. The van der Waals surface area contributed by atoms with E-state index in [1.165, 1.54) is 59.6 Å². The number of carbonyl (C=O) groups is 2. The Kier molecular flexibility index (Phi) is 9.96. The van der Waals surface area contributed by atoms with Crippen LogP contribution in [0.3, 0.4) is 0 Å². The quantitative estimate of drug-likeness (QED) is 0.189. The summed E-state index contributed by atoms with van der Waals surface area (Å²) < 4.78 is 0. The number of amides is 2. The molecule has 0 spiro atoms. The van der Waals surface area contributed by atoms with Crippen LogP contribution >= 0.6 is 0 Å². The zero-order valence-corrected chi connectivity index (χ0v) is 31.8. The van der Waals surface area contributed by atoms with E-state index >= 15 is 0 Å². The number of rotatable bonds is 10. The van der Waals surface area contributed by atoms with E-state index in [1.54, 1.807) is 4.90 Å². The van der Waals surface area contributed by atoms with E-state index in [1.807, 2.05) is 18.2 Å². The van der Waals surface area contributed by atoms with Crippen LogP contribution in [0.1, 0.15) is 81.3 Å².